The Morgan fingerprint density at radius 2 is 2.30 bits per heavy atom. The van der Waals surface area contributed by atoms with E-state index < -0.39 is 0 Å². The summed E-state index contributed by atoms with van der Waals surface area (Å²) in [6, 6.07) is 0. The minimum atomic E-state index is 0.661. The molecule has 0 N–H and O–H groups in total. The molecular formula is C8H15BN. The Balaban J connectivity index is 2.03. The molecule has 0 aliphatic carbocycles. The van der Waals surface area contributed by atoms with Gasteiger partial charge in [-0.3, -0.25) is 0 Å². The second-order valence-corrected chi connectivity index (χ2v) is 3.95. The Hall–Kier alpha value is 0.0249. The molecule has 0 saturated carbocycles. The van der Waals surface area contributed by atoms with Crippen LogP contribution in [0, 0.1) is 0 Å². The minimum Gasteiger partial charge on any atom is -0.307 e. The fraction of sp³-hybridized carbons (Fsp3) is 1.00. The molecule has 0 aromatic heterocycles. The van der Waals surface area contributed by atoms with E-state index in [2.05, 4.69) is 19.2 Å². The lowest BCUT2D eigenvalue weighted by Crippen LogP contribution is -2.20. The maximum absolute atomic E-state index is 2.57. The van der Waals surface area contributed by atoms with Crippen molar-refractivity contribution >= 4 is 7.28 Å². The molecule has 0 aromatic carbocycles. The summed E-state index contributed by atoms with van der Waals surface area (Å²) in [6.45, 7) is 2.64. The molecule has 1 atom stereocenters. The molecule has 1 spiro atoms. The standard InChI is InChI=1S/C8H15BN/c1-10-6-4-8(7-10)3-2-5-9-8/h2-7H2,1H3. The van der Waals surface area contributed by atoms with Crippen molar-refractivity contribution in [3.8, 4) is 0 Å². The second-order valence-electron chi connectivity index (χ2n) is 3.95. The molecule has 10 heavy (non-hydrogen) atoms. The predicted octanol–water partition coefficient (Wildman–Crippen LogP) is 1.40. The van der Waals surface area contributed by atoms with E-state index >= 15 is 0 Å². The lowest BCUT2D eigenvalue weighted by molar-refractivity contribution is 0.397. The normalized spacial score (nSPS) is 40.9. The monoisotopic (exact) mass is 136 g/mol. The van der Waals surface area contributed by atoms with Crippen molar-refractivity contribution in [1.29, 1.82) is 0 Å². The van der Waals surface area contributed by atoms with E-state index in [9.17, 15) is 0 Å². The van der Waals surface area contributed by atoms with Gasteiger partial charge in [0.1, 0.15) is 7.28 Å². The zero-order valence-corrected chi connectivity index (χ0v) is 6.77. The molecule has 2 heterocycles. The quantitative estimate of drug-likeness (QED) is 0.455. The summed E-state index contributed by atoms with van der Waals surface area (Å²) in [5.41, 5.74) is 0. The summed E-state index contributed by atoms with van der Waals surface area (Å²) in [7, 11) is 4.80. The van der Waals surface area contributed by atoms with Crippen LogP contribution in [0.2, 0.25) is 11.6 Å². The lowest BCUT2D eigenvalue weighted by Gasteiger charge is -2.21. The van der Waals surface area contributed by atoms with Crippen LogP contribution in [0.5, 0.6) is 0 Å². The third-order valence-corrected chi connectivity index (χ3v) is 3.03. The van der Waals surface area contributed by atoms with Gasteiger partial charge in [-0.15, -0.1) is 0 Å². The number of hydrogen-bond acceptors (Lipinski definition) is 1. The first-order valence-corrected chi connectivity index (χ1v) is 4.34. The van der Waals surface area contributed by atoms with Crippen molar-refractivity contribution < 1.29 is 0 Å². The molecule has 2 saturated heterocycles. The number of nitrogens with zero attached hydrogens (tertiary/aromatic N) is 1. The molecule has 0 amide bonds. The average molecular weight is 136 g/mol. The molecule has 2 aliphatic rings. The zero-order valence-electron chi connectivity index (χ0n) is 6.77. The van der Waals surface area contributed by atoms with E-state index in [4.69, 9.17) is 0 Å². The fourth-order valence-electron chi connectivity index (χ4n) is 2.44. The third kappa shape index (κ3) is 0.988. The van der Waals surface area contributed by atoms with Crippen LogP contribution in [0.4, 0.5) is 0 Å². The number of rotatable bonds is 0. The van der Waals surface area contributed by atoms with Crippen LogP contribution in [0.3, 0.4) is 0 Å². The first kappa shape index (κ1) is 6.72. The average Bonchev–Trinajstić information content (AvgIpc) is 2.46. The van der Waals surface area contributed by atoms with E-state index in [-0.39, 0.29) is 0 Å². The summed E-state index contributed by atoms with van der Waals surface area (Å²) in [4.78, 5) is 2.46. The highest BCUT2D eigenvalue weighted by molar-refractivity contribution is 6.41. The van der Waals surface area contributed by atoms with E-state index in [1.165, 1.54) is 38.7 Å². The van der Waals surface area contributed by atoms with Crippen LogP contribution in [-0.4, -0.2) is 32.3 Å². The minimum absolute atomic E-state index is 0.661. The molecule has 2 rings (SSSR count). The topological polar surface area (TPSA) is 3.24 Å². The maximum atomic E-state index is 2.57. The lowest BCUT2D eigenvalue weighted by atomic mass is 9.54. The highest BCUT2D eigenvalue weighted by Gasteiger charge is 2.39. The highest BCUT2D eigenvalue weighted by Crippen LogP contribution is 2.46. The molecule has 1 unspecified atom stereocenters. The summed E-state index contributed by atoms with van der Waals surface area (Å²) >= 11 is 0. The van der Waals surface area contributed by atoms with Crippen LogP contribution < -0.4 is 0 Å². The van der Waals surface area contributed by atoms with Gasteiger partial charge < -0.3 is 4.90 Å². The van der Waals surface area contributed by atoms with E-state index in [1.807, 2.05) is 0 Å². The summed E-state index contributed by atoms with van der Waals surface area (Å²) in [5, 5.41) is 0.661. The smallest absolute Gasteiger partial charge is 0.119 e. The van der Waals surface area contributed by atoms with Crippen LogP contribution in [0.25, 0.3) is 0 Å². The van der Waals surface area contributed by atoms with E-state index in [1.54, 1.807) is 0 Å². The van der Waals surface area contributed by atoms with Gasteiger partial charge in [0.05, 0.1) is 0 Å². The van der Waals surface area contributed by atoms with Crippen molar-refractivity contribution in [2.75, 3.05) is 20.1 Å². The predicted molar refractivity (Wildman–Crippen MR) is 44.6 cm³/mol. The molecule has 2 fully saturated rings. The zero-order chi connectivity index (χ0) is 7.03. The molecule has 2 heteroatoms. The second kappa shape index (κ2) is 2.26. The summed E-state index contributed by atoms with van der Waals surface area (Å²) < 4.78 is 0. The van der Waals surface area contributed by atoms with Crippen LogP contribution in [0.15, 0.2) is 0 Å². The van der Waals surface area contributed by atoms with Gasteiger partial charge in [0.15, 0.2) is 0 Å². The van der Waals surface area contributed by atoms with Crippen molar-refractivity contribution in [3.63, 3.8) is 0 Å². The van der Waals surface area contributed by atoms with Gasteiger partial charge in [-0.2, -0.15) is 0 Å². The number of likely N-dealkylation sites (tertiary alicyclic amines) is 1. The van der Waals surface area contributed by atoms with E-state index in [0.717, 1.165) is 0 Å². The Morgan fingerprint density at radius 3 is 2.80 bits per heavy atom. The number of hydrogen-bond donors (Lipinski definition) is 0. The Kier molecular flexibility index (Phi) is 1.52. The van der Waals surface area contributed by atoms with Crippen LogP contribution >= 0.6 is 0 Å². The largest absolute Gasteiger partial charge is 0.307 e. The molecule has 2 aliphatic heterocycles. The molecule has 0 aromatic rings. The van der Waals surface area contributed by atoms with Crippen molar-refractivity contribution in [3.05, 3.63) is 0 Å². The highest BCUT2D eigenvalue weighted by atomic mass is 15.1. The van der Waals surface area contributed by atoms with Gasteiger partial charge in [-0.25, -0.2) is 0 Å². The molecule has 1 radical (unpaired) electrons. The third-order valence-electron chi connectivity index (χ3n) is 3.03. The van der Waals surface area contributed by atoms with Gasteiger partial charge in [0.25, 0.3) is 0 Å². The Morgan fingerprint density at radius 1 is 1.40 bits per heavy atom. The maximum Gasteiger partial charge on any atom is 0.119 e. The fourth-order valence-corrected chi connectivity index (χ4v) is 2.44. The van der Waals surface area contributed by atoms with Gasteiger partial charge >= 0.3 is 0 Å². The van der Waals surface area contributed by atoms with Crippen LogP contribution in [-0.2, 0) is 0 Å². The Bertz CT molecular complexity index is 129. The summed E-state index contributed by atoms with van der Waals surface area (Å²) in [6.07, 6.45) is 5.68. The first-order valence-electron chi connectivity index (χ1n) is 4.34. The van der Waals surface area contributed by atoms with Crippen molar-refractivity contribution in [2.45, 2.75) is 30.9 Å². The SMILES string of the molecule is CN1CCC2([B]CCC2)C1. The van der Waals surface area contributed by atoms with Crippen molar-refractivity contribution in [1.82, 2.24) is 4.90 Å². The van der Waals surface area contributed by atoms with Gasteiger partial charge in [-0.1, -0.05) is 19.2 Å². The first-order chi connectivity index (χ1) is 4.81. The van der Waals surface area contributed by atoms with Gasteiger partial charge in [-0.05, 0) is 31.9 Å². The molecule has 55 valence electrons. The van der Waals surface area contributed by atoms with Gasteiger partial charge in [0.2, 0.25) is 0 Å². The van der Waals surface area contributed by atoms with Gasteiger partial charge in [0, 0.05) is 0 Å². The van der Waals surface area contributed by atoms with Crippen molar-refractivity contribution in [2.24, 2.45) is 0 Å². The van der Waals surface area contributed by atoms with Crippen LogP contribution in [0.1, 0.15) is 19.3 Å². The molecule has 0 bridgehead atoms. The molecular weight excluding hydrogens is 121 g/mol. The Labute approximate surface area is 64.0 Å². The molecule has 1 nitrogen and oxygen atoms in total. The van der Waals surface area contributed by atoms with E-state index in [0.29, 0.717) is 5.31 Å². The summed E-state index contributed by atoms with van der Waals surface area (Å²) in [5.74, 6) is 0.